The molecule has 16 heavy (non-hydrogen) atoms. The summed E-state index contributed by atoms with van der Waals surface area (Å²) in [7, 11) is 0. The predicted molar refractivity (Wildman–Crippen MR) is 63.7 cm³/mol. The van der Waals surface area contributed by atoms with Crippen molar-refractivity contribution in [3.63, 3.8) is 0 Å². The van der Waals surface area contributed by atoms with Crippen molar-refractivity contribution in [2.75, 3.05) is 11.9 Å². The van der Waals surface area contributed by atoms with Crippen LogP contribution in [0.3, 0.4) is 0 Å². The number of nitrogens with zero attached hydrogens (tertiary/aromatic N) is 2. The number of rotatable bonds is 2. The van der Waals surface area contributed by atoms with Crippen LogP contribution in [0.4, 0.5) is 5.82 Å². The van der Waals surface area contributed by atoms with Gasteiger partial charge in [-0.05, 0) is 26.7 Å². The van der Waals surface area contributed by atoms with Crippen molar-refractivity contribution in [3.8, 4) is 0 Å². The molecule has 0 aromatic carbocycles. The van der Waals surface area contributed by atoms with E-state index in [4.69, 9.17) is 16.3 Å². The maximum Gasteiger partial charge on any atom is 0.134 e. The zero-order chi connectivity index (χ0) is 11.6. The number of aromatic nitrogens is 2. The number of ether oxygens (including phenoxy) is 1. The van der Waals surface area contributed by atoms with E-state index in [1.807, 2.05) is 0 Å². The highest BCUT2D eigenvalue weighted by molar-refractivity contribution is 6.29. The van der Waals surface area contributed by atoms with Gasteiger partial charge in [0.15, 0.2) is 0 Å². The summed E-state index contributed by atoms with van der Waals surface area (Å²) in [5.41, 5.74) is -0.0628. The Hall–Kier alpha value is -0.870. The average Bonchev–Trinajstić information content (AvgIpc) is 2.15. The molecule has 2 rings (SSSR count). The van der Waals surface area contributed by atoms with Crippen LogP contribution in [0.2, 0.25) is 5.15 Å². The van der Waals surface area contributed by atoms with Crippen LogP contribution in [0.25, 0.3) is 0 Å². The van der Waals surface area contributed by atoms with Crippen LogP contribution in [0.5, 0.6) is 0 Å². The third kappa shape index (κ3) is 3.06. The van der Waals surface area contributed by atoms with E-state index in [-0.39, 0.29) is 5.60 Å². The Morgan fingerprint density at radius 1 is 1.50 bits per heavy atom. The quantitative estimate of drug-likeness (QED) is 0.809. The molecule has 1 atom stereocenters. The Kier molecular flexibility index (Phi) is 3.30. The van der Waals surface area contributed by atoms with E-state index < -0.39 is 0 Å². The van der Waals surface area contributed by atoms with Crippen molar-refractivity contribution in [2.45, 2.75) is 38.3 Å². The Labute approximate surface area is 100 Å². The summed E-state index contributed by atoms with van der Waals surface area (Å²) in [6.45, 7) is 4.99. The third-order valence-corrected chi connectivity index (χ3v) is 2.89. The van der Waals surface area contributed by atoms with Crippen molar-refractivity contribution in [3.05, 3.63) is 17.5 Å². The van der Waals surface area contributed by atoms with E-state index in [1.165, 1.54) is 6.33 Å². The van der Waals surface area contributed by atoms with Gasteiger partial charge in [0, 0.05) is 18.7 Å². The lowest BCUT2D eigenvalue weighted by atomic mass is 9.94. The fourth-order valence-electron chi connectivity index (χ4n) is 1.98. The Bertz CT molecular complexity index is 370. The minimum atomic E-state index is -0.0628. The monoisotopic (exact) mass is 241 g/mol. The molecule has 4 nitrogen and oxygen atoms in total. The lowest BCUT2D eigenvalue weighted by Gasteiger charge is -2.36. The maximum atomic E-state index is 5.80. The average molecular weight is 242 g/mol. The van der Waals surface area contributed by atoms with Crippen LogP contribution in [-0.2, 0) is 4.74 Å². The van der Waals surface area contributed by atoms with Crippen molar-refractivity contribution in [1.82, 2.24) is 9.97 Å². The van der Waals surface area contributed by atoms with E-state index in [0.29, 0.717) is 11.2 Å². The second-order valence-corrected chi connectivity index (χ2v) is 5.06. The second-order valence-electron chi connectivity index (χ2n) is 4.67. The van der Waals surface area contributed by atoms with Crippen LogP contribution in [-0.4, -0.2) is 28.2 Å². The molecule has 1 fully saturated rings. The van der Waals surface area contributed by atoms with E-state index in [1.54, 1.807) is 6.07 Å². The molecule has 0 amide bonds. The zero-order valence-corrected chi connectivity index (χ0v) is 10.3. The van der Waals surface area contributed by atoms with Gasteiger partial charge in [-0.1, -0.05) is 11.6 Å². The van der Waals surface area contributed by atoms with Gasteiger partial charge < -0.3 is 10.1 Å². The van der Waals surface area contributed by atoms with E-state index in [0.717, 1.165) is 25.3 Å². The fourth-order valence-corrected chi connectivity index (χ4v) is 2.12. The van der Waals surface area contributed by atoms with Crippen molar-refractivity contribution < 1.29 is 4.74 Å². The Morgan fingerprint density at radius 2 is 2.31 bits per heavy atom. The molecule has 1 saturated heterocycles. The molecule has 0 radical (unpaired) electrons. The van der Waals surface area contributed by atoms with Gasteiger partial charge in [-0.25, -0.2) is 9.97 Å². The van der Waals surface area contributed by atoms with Crippen molar-refractivity contribution in [1.29, 1.82) is 0 Å². The lowest BCUT2D eigenvalue weighted by Crippen LogP contribution is -2.40. The normalized spacial score (nSPS) is 24.1. The standard InChI is InChI=1S/C11H16ClN3O/c1-11(2)6-8(3-4-16-11)15-10-5-9(12)13-7-14-10/h5,7-8H,3-4,6H2,1-2H3,(H,13,14,15). The molecule has 0 saturated carbocycles. The maximum absolute atomic E-state index is 5.80. The molecule has 1 aromatic rings. The van der Waals surface area contributed by atoms with Gasteiger partial charge in [-0.3, -0.25) is 0 Å². The third-order valence-electron chi connectivity index (χ3n) is 2.68. The molecule has 0 bridgehead atoms. The first-order valence-corrected chi connectivity index (χ1v) is 5.81. The molecule has 88 valence electrons. The van der Waals surface area contributed by atoms with Crippen LogP contribution >= 0.6 is 11.6 Å². The number of hydrogen-bond acceptors (Lipinski definition) is 4. The number of nitrogens with one attached hydrogen (secondary N) is 1. The van der Waals surface area contributed by atoms with E-state index in [9.17, 15) is 0 Å². The molecule has 1 aliphatic rings. The van der Waals surface area contributed by atoms with Gasteiger partial charge in [0.2, 0.25) is 0 Å². The van der Waals surface area contributed by atoms with Gasteiger partial charge in [0.1, 0.15) is 17.3 Å². The zero-order valence-electron chi connectivity index (χ0n) is 9.53. The molecule has 1 aliphatic heterocycles. The van der Waals surface area contributed by atoms with E-state index >= 15 is 0 Å². The minimum absolute atomic E-state index is 0.0628. The summed E-state index contributed by atoms with van der Waals surface area (Å²) in [5.74, 6) is 0.780. The summed E-state index contributed by atoms with van der Waals surface area (Å²) in [4.78, 5) is 7.99. The first-order valence-electron chi connectivity index (χ1n) is 5.43. The summed E-state index contributed by atoms with van der Waals surface area (Å²) in [6, 6.07) is 2.12. The Balaban J connectivity index is 1.99. The largest absolute Gasteiger partial charge is 0.375 e. The SMILES string of the molecule is CC1(C)CC(Nc2cc(Cl)ncn2)CCO1. The number of hydrogen-bond donors (Lipinski definition) is 1. The molecule has 1 unspecified atom stereocenters. The molecule has 1 aromatic heterocycles. The summed E-state index contributed by atoms with van der Waals surface area (Å²) in [5, 5.41) is 3.82. The minimum Gasteiger partial charge on any atom is -0.375 e. The van der Waals surface area contributed by atoms with Gasteiger partial charge in [-0.15, -0.1) is 0 Å². The van der Waals surface area contributed by atoms with Gasteiger partial charge in [0.05, 0.1) is 5.60 Å². The highest BCUT2D eigenvalue weighted by Crippen LogP contribution is 2.26. The molecular formula is C11H16ClN3O. The number of halogens is 1. The van der Waals surface area contributed by atoms with Crippen LogP contribution in [0.15, 0.2) is 12.4 Å². The lowest BCUT2D eigenvalue weighted by molar-refractivity contribution is -0.0553. The van der Waals surface area contributed by atoms with Crippen LogP contribution < -0.4 is 5.32 Å². The van der Waals surface area contributed by atoms with Gasteiger partial charge >= 0.3 is 0 Å². The molecular weight excluding hydrogens is 226 g/mol. The smallest absolute Gasteiger partial charge is 0.134 e. The summed E-state index contributed by atoms with van der Waals surface area (Å²) < 4.78 is 5.66. The van der Waals surface area contributed by atoms with Gasteiger partial charge in [-0.2, -0.15) is 0 Å². The summed E-state index contributed by atoms with van der Waals surface area (Å²) in [6.07, 6.45) is 3.43. The summed E-state index contributed by atoms with van der Waals surface area (Å²) >= 11 is 5.80. The first-order chi connectivity index (χ1) is 7.55. The topological polar surface area (TPSA) is 47.0 Å². The molecule has 5 heteroatoms. The highest BCUT2D eigenvalue weighted by Gasteiger charge is 2.28. The highest BCUT2D eigenvalue weighted by atomic mass is 35.5. The van der Waals surface area contributed by atoms with Crippen LogP contribution in [0, 0.1) is 0 Å². The predicted octanol–water partition coefficient (Wildman–Crippen LogP) is 2.50. The van der Waals surface area contributed by atoms with Crippen molar-refractivity contribution >= 4 is 17.4 Å². The second kappa shape index (κ2) is 4.55. The molecule has 1 N–H and O–H groups in total. The number of anilines is 1. The van der Waals surface area contributed by atoms with Crippen molar-refractivity contribution in [2.24, 2.45) is 0 Å². The van der Waals surface area contributed by atoms with Crippen LogP contribution in [0.1, 0.15) is 26.7 Å². The Morgan fingerprint density at radius 3 is 3.00 bits per heavy atom. The van der Waals surface area contributed by atoms with E-state index in [2.05, 4.69) is 29.1 Å². The molecule has 0 spiro atoms. The first kappa shape index (κ1) is 11.6. The van der Waals surface area contributed by atoms with Gasteiger partial charge in [0.25, 0.3) is 0 Å². The molecule has 0 aliphatic carbocycles. The molecule has 2 heterocycles. The fraction of sp³-hybridized carbons (Fsp3) is 0.636.